The van der Waals surface area contributed by atoms with Crippen molar-refractivity contribution in [1.82, 2.24) is 5.32 Å². The van der Waals surface area contributed by atoms with Crippen molar-refractivity contribution in [3.8, 4) is 0 Å². The van der Waals surface area contributed by atoms with Gasteiger partial charge in [0, 0.05) is 19.0 Å². The van der Waals surface area contributed by atoms with Crippen molar-refractivity contribution in [2.45, 2.75) is 37.7 Å². The van der Waals surface area contributed by atoms with E-state index >= 15 is 0 Å². The van der Waals surface area contributed by atoms with Gasteiger partial charge in [-0.15, -0.1) is 0 Å². The molecule has 1 aliphatic carbocycles. The lowest BCUT2D eigenvalue weighted by atomic mass is 9.73. The van der Waals surface area contributed by atoms with Crippen molar-refractivity contribution in [3.63, 3.8) is 0 Å². The molecular weight excluding hydrogens is 138 g/mol. The maximum absolute atomic E-state index is 10.2. The highest BCUT2D eigenvalue weighted by molar-refractivity contribution is 4.95. The molecule has 1 saturated heterocycles. The number of rotatable bonds is 1. The molecule has 2 fully saturated rings. The third-order valence-corrected chi connectivity index (χ3v) is 3.26. The summed E-state index contributed by atoms with van der Waals surface area (Å²) in [7, 11) is 0. The van der Waals surface area contributed by atoms with Gasteiger partial charge in [-0.25, -0.2) is 0 Å². The van der Waals surface area contributed by atoms with Crippen molar-refractivity contribution in [2.24, 2.45) is 5.92 Å². The Morgan fingerprint density at radius 2 is 1.73 bits per heavy atom. The van der Waals surface area contributed by atoms with E-state index in [-0.39, 0.29) is 5.60 Å². The van der Waals surface area contributed by atoms with Gasteiger partial charge in [0.2, 0.25) is 0 Å². The van der Waals surface area contributed by atoms with Gasteiger partial charge in [0.15, 0.2) is 0 Å². The Hall–Kier alpha value is -0.0800. The molecule has 2 N–H and O–H groups in total. The van der Waals surface area contributed by atoms with Crippen LogP contribution >= 0.6 is 0 Å². The Morgan fingerprint density at radius 3 is 2.18 bits per heavy atom. The lowest BCUT2D eigenvalue weighted by molar-refractivity contribution is -0.0663. The van der Waals surface area contributed by atoms with Gasteiger partial charge in [-0.1, -0.05) is 19.3 Å². The first-order chi connectivity index (χ1) is 5.31. The summed E-state index contributed by atoms with van der Waals surface area (Å²) in [6, 6.07) is 0. The maximum atomic E-state index is 10.2. The SMILES string of the molecule is OC1(C2CNC2)CCCCC1. The van der Waals surface area contributed by atoms with E-state index in [0.717, 1.165) is 25.9 Å². The molecule has 0 aromatic carbocycles. The zero-order valence-electron chi connectivity index (χ0n) is 6.97. The van der Waals surface area contributed by atoms with E-state index in [1.54, 1.807) is 0 Å². The Kier molecular flexibility index (Phi) is 1.90. The highest BCUT2D eigenvalue weighted by atomic mass is 16.3. The summed E-state index contributed by atoms with van der Waals surface area (Å²) in [5, 5.41) is 13.4. The van der Waals surface area contributed by atoms with Crippen molar-refractivity contribution < 1.29 is 5.11 Å². The van der Waals surface area contributed by atoms with Crippen LogP contribution in [0.4, 0.5) is 0 Å². The van der Waals surface area contributed by atoms with Crippen LogP contribution in [0.15, 0.2) is 0 Å². The highest BCUT2D eigenvalue weighted by Crippen LogP contribution is 2.35. The summed E-state index contributed by atoms with van der Waals surface area (Å²) in [6.45, 7) is 2.08. The minimum absolute atomic E-state index is 0.288. The maximum Gasteiger partial charge on any atom is 0.0700 e. The molecule has 0 radical (unpaired) electrons. The second-order valence-corrected chi connectivity index (χ2v) is 4.02. The van der Waals surface area contributed by atoms with Gasteiger partial charge in [-0.2, -0.15) is 0 Å². The standard InChI is InChI=1S/C9H17NO/c11-9(8-6-10-7-8)4-2-1-3-5-9/h8,10-11H,1-7H2. The molecule has 1 heterocycles. The summed E-state index contributed by atoms with van der Waals surface area (Å²) in [5.41, 5.74) is -0.288. The molecule has 0 bridgehead atoms. The number of aliphatic hydroxyl groups is 1. The molecule has 0 atom stereocenters. The van der Waals surface area contributed by atoms with E-state index < -0.39 is 0 Å². The first-order valence-corrected chi connectivity index (χ1v) is 4.74. The summed E-state index contributed by atoms with van der Waals surface area (Å²) in [4.78, 5) is 0. The molecule has 2 heteroatoms. The van der Waals surface area contributed by atoms with Crippen LogP contribution in [0.3, 0.4) is 0 Å². The predicted octanol–water partition coefficient (Wildman–Crippen LogP) is 0.901. The normalized spacial score (nSPS) is 31.4. The van der Waals surface area contributed by atoms with Crippen LogP contribution in [0.2, 0.25) is 0 Å². The van der Waals surface area contributed by atoms with Gasteiger partial charge < -0.3 is 10.4 Å². The van der Waals surface area contributed by atoms with Gasteiger partial charge in [0.1, 0.15) is 0 Å². The van der Waals surface area contributed by atoms with Crippen molar-refractivity contribution in [2.75, 3.05) is 13.1 Å². The van der Waals surface area contributed by atoms with E-state index in [0.29, 0.717) is 5.92 Å². The lowest BCUT2D eigenvalue weighted by Crippen LogP contribution is -2.56. The molecule has 0 unspecified atom stereocenters. The molecule has 0 aromatic heterocycles. The molecule has 1 aliphatic heterocycles. The molecule has 0 aromatic rings. The fourth-order valence-electron chi connectivity index (χ4n) is 2.24. The molecule has 2 aliphatic rings. The minimum Gasteiger partial charge on any atom is -0.390 e. The average molecular weight is 155 g/mol. The Labute approximate surface area is 68.0 Å². The summed E-state index contributed by atoms with van der Waals surface area (Å²) < 4.78 is 0. The van der Waals surface area contributed by atoms with Crippen molar-refractivity contribution >= 4 is 0 Å². The second-order valence-electron chi connectivity index (χ2n) is 4.02. The molecule has 64 valence electrons. The minimum atomic E-state index is -0.288. The number of hydrogen-bond acceptors (Lipinski definition) is 2. The van der Waals surface area contributed by atoms with Gasteiger partial charge >= 0.3 is 0 Å². The van der Waals surface area contributed by atoms with Crippen LogP contribution in [0, 0.1) is 5.92 Å². The molecule has 1 saturated carbocycles. The fourth-order valence-corrected chi connectivity index (χ4v) is 2.24. The van der Waals surface area contributed by atoms with Crippen molar-refractivity contribution in [3.05, 3.63) is 0 Å². The lowest BCUT2D eigenvalue weighted by Gasteiger charge is -2.44. The largest absolute Gasteiger partial charge is 0.390 e. The first kappa shape index (κ1) is 7.56. The zero-order valence-corrected chi connectivity index (χ0v) is 6.97. The average Bonchev–Trinajstić information content (AvgIpc) is 1.83. The molecule has 11 heavy (non-hydrogen) atoms. The van der Waals surface area contributed by atoms with Crippen LogP contribution in [0.1, 0.15) is 32.1 Å². The molecule has 2 rings (SSSR count). The molecular formula is C9H17NO. The van der Waals surface area contributed by atoms with Crippen molar-refractivity contribution in [1.29, 1.82) is 0 Å². The third-order valence-electron chi connectivity index (χ3n) is 3.26. The summed E-state index contributed by atoms with van der Waals surface area (Å²) in [6.07, 6.45) is 5.86. The summed E-state index contributed by atoms with van der Waals surface area (Å²) >= 11 is 0. The summed E-state index contributed by atoms with van der Waals surface area (Å²) in [5.74, 6) is 0.558. The molecule has 2 nitrogen and oxygen atoms in total. The third kappa shape index (κ3) is 1.30. The quantitative estimate of drug-likeness (QED) is 0.589. The van der Waals surface area contributed by atoms with Crippen LogP contribution < -0.4 is 5.32 Å². The molecule has 0 amide bonds. The highest BCUT2D eigenvalue weighted by Gasteiger charge is 2.40. The van der Waals surface area contributed by atoms with Gasteiger partial charge in [0.05, 0.1) is 5.60 Å². The fraction of sp³-hybridized carbons (Fsp3) is 1.00. The van der Waals surface area contributed by atoms with Crippen LogP contribution in [-0.4, -0.2) is 23.8 Å². The smallest absolute Gasteiger partial charge is 0.0700 e. The Balaban J connectivity index is 1.94. The van der Waals surface area contributed by atoms with Crippen LogP contribution in [0.25, 0.3) is 0 Å². The van der Waals surface area contributed by atoms with E-state index in [4.69, 9.17) is 0 Å². The van der Waals surface area contributed by atoms with E-state index in [1.807, 2.05) is 0 Å². The molecule has 0 spiro atoms. The topological polar surface area (TPSA) is 32.3 Å². The number of nitrogens with one attached hydrogen (secondary N) is 1. The van der Waals surface area contributed by atoms with Crippen LogP contribution in [-0.2, 0) is 0 Å². The van der Waals surface area contributed by atoms with Gasteiger partial charge in [0.25, 0.3) is 0 Å². The monoisotopic (exact) mass is 155 g/mol. The Bertz CT molecular complexity index is 136. The zero-order chi connectivity index (χ0) is 7.73. The first-order valence-electron chi connectivity index (χ1n) is 4.74. The van der Waals surface area contributed by atoms with E-state index in [9.17, 15) is 5.11 Å². The van der Waals surface area contributed by atoms with Crippen LogP contribution in [0.5, 0.6) is 0 Å². The second kappa shape index (κ2) is 2.76. The van der Waals surface area contributed by atoms with Gasteiger partial charge in [-0.3, -0.25) is 0 Å². The van der Waals surface area contributed by atoms with E-state index in [1.165, 1.54) is 19.3 Å². The number of hydrogen-bond donors (Lipinski definition) is 2. The van der Waals surface area contributed by atoms with Gasteiger partial charge in [-0.05, 0) is 12.8 Å². The Morgan fingerprint density at radius 1 is 1.09 bits per heavy atom. The van der Waals surface area contributed by atoms with E-state index in [2.05, 4.69) is 5.32 Å². The predicted molar refractivity (Wildman–Crippen MR) is 44.4 cm³/mol.